The Balaban J connectivity index is 1.47. The highest BCUT2D eigenvalue weighted by molar-refractivity contribution is 7.08. The Labute approximate surface area is 163 Å². The van der Waals surface area contributed by atoms with Crippen molar-refractivity contribution in [2.45, 2.75) is 19.5 Å². The van der Waals surface area contributed by atoms with E-state index in [2.05, 4.69) is 25.2 Å². The van der Waals surface area contributed by atoms with Gasteiger partial charge in [-0.25, -0.2) is 4.52 Å². The molecule has 0 spiro atoms. The summed E-state index contributed by atoms with van der Waals surface area (Å²) in [5, 5.41) is 17.7. The average molecular weight is 399 g/mol. The first-order valence-electron chi connectivity index (χ1n) is 8.53. The third kappa shape index (κ3) is 2.64. The fourth-order valence-corrected chi connectivity index (χ4v) is 4.27. The number of carbonyl (C=O) groups is 1. The lowest BCUT2D eigenvalue weighted by Gasteiger charge is -2.33. The van der Waals surface area contributed by atoms with Crippen molar-refractivity contribution >= 4 is 34.4 Å². The van der Waals surface area contributed by atoms with Crippen LogP contribution in [0.4, 0.5) is 0 Å². The normalized spacial score (nSPS) is 16.7. The molecule has 9 heteroatoms. The van der Waals surface area contributed by atoms with E-state index >= 15 is 0 Å². The van der Waals surface area contributed by atoms with E-state index in [1.165, 1.54) is 0 Å². The summed E-state index contributed by atoms with van der Waals surface area (Å²) in [5.41, 5.74) is 2.29. The summed E-state index contributed by atoms with van der Waals surface area (Å²) in [6.07, 6.45) is 1.69. The van der Waals surface area contributed by atoms with Gasteiger partial charge in [-0.3, -0.25) is 4.79 Å². The van der Waals surface area contributed by atoms with Gasteiger partial charge in [-0.15, -0.1) is 10.2 Å². The molecule has 5 rings (SSSR count). The van der Waals surface area contributed by atoms with Crippen molar-refractivity contribution in [1.82, 2.24) is 29.3 Å². The first kappa shape index (κ1) is 16.5. The minimum absolute atomic E-state index is 0.117. The minimum atomic E-state index is -0.181. The molecule has 0 aliphatic carbocycles. The Kier molecular flexibility index (Phi) is 3.76. The number of amides is 1. The Hall–Kier alpha value is -2.71. The summed E-state index contributed by atoms with van der Waals surface area (Å²) >= 11 is 7.64. The summed E-state index contributed by atoms with van der Waals surface area (Å²) in [5.74, 6) is 1.53. The van der Waals surface area contributed by atoms with E-state index in [1.807, 2.05) is 24.4 Å². The molecule has 27 heavy (non-hydrogen) atoms. The molecule has 4 aromatic rings. The van der Waals surface area contributed by atoms with Crippen molar-refractivity contribution in [2.75, 3.05) is 6.54 Å². The topological polar surface area (TPSA) is 68.3 Å². The molecule has 1 aliphatic rings. The first-order chi connectivity index (χ1) is 13.1. The lowest BCUT2D eigenvalue weighted by Crippen LogP contribution is -2.41. The van der Waals surface area contributed by atoms with Crippen LogP contribution in [0.25, 0.3) is 16.9 Å². The monoisotopic (exact) mass is 398 g/mol. The van der Waals surface area contributed by atoms with Gasteiger partial charge in [0, 0.05) is 30.2 Å². The van der Waals surface area contributed by atoms with Crippen LogP contribution in [0.5, 0.6) is 0 Å². The Bertz CT molecular complexity index is 1150. The van der Waals surface area contributed by atoms with Crippen molar-refractivity contribution in [3.05, 3.63) is 57.8 Å². The quantitative estimate of drug-likeness (QED) is 0.518. The van der Waals surface area contributed by atoms with Crippen LogP contribution >= 0.6 is 22.9 Å². The molecule has 0 bridgehead atoms. The molecule has 0 N–H and O–H groups in total. The molecule has 0 radical (unpaired) electrons. The fraction of sp³-hybridized carbons (Fsp3) is 0.222. The van der Waals surface area contributed by atoms with Gasteiger partial charge in [-0.05, 0) is 36.6 Å². The molecule has 0 aromatic carbocycles. The molecule has 0 saturated heterocycles. The zero-order valence-electron chi connectivity index (χ0n) is 14.4. The molecular formula is C18H15ClN6OS. The van der Waals surface area contributed by atoms with Crippen molar-refractivity contribution in [2.24, 2.45) is 0 Å². The lowest BCUT2D eigenvalue weighted by molar-refractivity contribution is 0.0632. The lowest BCUT2D eigenvalue weighted by atomic mass is 10.1. The van der Waals surface area contributed by atoms with Crippen LogP contribution in [0.15, 0.2) is 41.2 Å². The van der Waals surface area contributed by atoms with Gasteiger partial charge in [0.25, 0.3) is 5.91 Å². The van der Waals surface area contributed by atoms with Gasteiger partial charge >= 0.3 is 0 Å². The van der Waals surface area contributed by atoms with E-state index in [1.54, 1.807) is 39.1 Å². The van der Waals surface area contributed by atoms with Crippen LogP contribution in [-0.4, -0.2) is 41.7 Å². The van der Waals surface area contributed by atoms with Crippen molar-refractivity contribution in [3.8, 4) is 11.4 Å². The van der Waals surface area contributed by atoms with E-state index < -0.39 is 0 Å². The number of hydrogen-bond donors (Lipinski definition) is 0. The van der Waals surface area contributed by atoms with E-state index in [-0.39, 0.29) is 11.9 Å². The molecular weight excluding hydrogens is 384 g/mol. The summed E-state index contributed by atoms with van der Waals surface area (Å²) in [6.45, 7) is 3.21. The van der Waals surface area contributed by atoms with Crippen LogP contribution in [0, 0.1) is 0 Å². The number of hydrogen-bond acceptors (Lipinski definition) is 5. The number of aromatic nitrogens is 5. The predicted octanol–water partition coefficient (Wildman–Crippen LogP) is 3.52. The van der Waals surface area contributed by atoms with Gasteiger partial charge in [0.2, 0.25) is 0 Å². The third-order valence-electron chi connectivity index (χ3n) is 4.87. The van der Waals surface area contributed by atoms with Crippen LogP contribution < -0.4 is 0 Å². The second kappa shape index (κ2) is 6.17. The second-order valence-corrected chi connectivity index (χ2v) is 7.68. The molecule has 1 amide bonds. The maximum atomic E-state index is 13.1. The molecule has 136 valence electrons. The zero-order valence-corrected chi connectivity index (χ0v) is 16.0. The Morgan fingerprint density at radius 3 is 2.96 bits per heavy atom. The van der Waals surface area contributed by atoms with Crippen LogP contribution in [-0.2, 0) is 6.54 Å². The van der Waals surface area contributed by atoms with Gasteiger partial charge in [0.15, 0.2) is 17.3 Å². The van der Waals surface area contributed by atoms with Gasteiger partial charge in [-0.1, -0.05) is 11.6 Å². The van der Waals surface area contributed by atoms with E-state index in [0.717, 1.165) is 22.7 Å². The van der Waals surface area contributed by atoms with Crippen molar-refractivity contribution in [1.29, 1.82) is 0 Å². The van der Waals surface area contributed by atoms with Gasteiger partial charge < -0.3 is 9.47 Å². The maximum absolute atomic E-state index is 13.1. The summed E-state index contributed by atoms with van der Waals surface area (Å²) < 4.78 is 3.72. The largest absolute Gasteiger partial charge is 0.325 e. The smallest absolute Gasteiger partial charge is 0.275 e. The Morgan fingerprint density at radius 1 is 1.26 bits per heavy atom. The highest BCUT2D eigenvalue weighted by atomic mass is 35.5. The second-order valence-electron chi connectivity index (χ2n) is 6.47. The number of carbonyl (C=O) groups excluding carboxylic acids is 1. The molecule has 0 fully saturated rings. The van der Waals surface area contributed by atoms with Gasteiger partial charge in [-0.2, -0.15) is 16.4 Å². The highest BCUT2D eigenvalue weighted by Crippen LogP contribution is 2.30. The number of pyridine rings is 1. The van der Waals surface area contributed by atoms with Crippen molar-refractivity contribution in [3.63, 3.8) is 0 Å². The zero-order chi connectivity index (χ0) is 18.5. The summed E-state index contributed by atoms with van der Waals surface area (Å²) in [4.78, 5) is 14.9. The Morgan fingerprint density at radius 2 is 2.15 bits per heavy atom. The maximum Gasteiger partial charge on any atom is 0.275 e. The highest BCUT2D eigenvalue weighted by Gasteiger charge is 2.33. The number of nitrogens with zero attached hydrogens (tertiary/aromatic N) is 6. The molecule has 1 aliphatic heterocycles. The average Bonchev–Trinajstić information content (AvgIpc) is 3.39. The number of fused-ring (bicyclic) bond motifs is 2. The molecule has 7 nitrogen and oxygen atoms in total. The van der Waals surface area contributed by atoms with Crippen LogP contribution in [0.3, 0.4) is 0 Å². The van der Waals surface area contributed by atoms with E-state index in [4.69, 9.17) is 11.6 Å². The first-order valence-corrected chi connectivity index (χ1v) is 9.85. The molecule has 1 atom stereocenters. The standard InChI is InChI=1S/C18H15ClN6OS/c1-11-16-20-21-17(12-4-7-27-10-12)24(16)6-5-23(11)18(26)15-8-14-3-2-13(19)9-25(14)22-15/h2-4,7-11H,5-6H2,1H3. The van der Waals surface area contributed by atoms with E-state index in [0.29, 0.717) is 23.8 Å². The van der Waals surface area contributed by atoms with E-state index in [9.17, 15) is 4.79 Å². The molecule has 5 heterocycles. The number of halogens is 1. The molecule has 4 aromatic heterocycles. The molecule has 1 unspecified atom stereocenters. The van der Waals surface area contributed by atoms with Gasteiger partial charge in [0.1, 0.15) is 0 Å². The van der Waals surface area contributed by atoms with Crippen LogP contribution in [0.2, 0.25) is 5.02 Å². The predicted molar refractivity (Wildman–Crippen MR) is 103 cm³/mol. The summed E-state index contributed by atoms with van der Waals surface area (Å²) in [7, 11) is 0. The third-order valence-corrected chi connectivity index (χ3v) is 5.77. The van der Waals surface area contributed by atoms with Crippen molar-refractivity contribution < 1.29 is 4.79 Å². The SMILES string of the molecule is CC1c2nnc(-c3ccsc3)n2CCN1C(=O)c1cc2ccc(Cl)cn2n1. The summed E-state index contributed by atoms with van der Waals surface area (Å²) in [6, 6.07) is 7.26. The number of rotatable bonds is 2. The van der Waals surface area contributed by atoms with Crippen LogP contribution in [0.1, 0.15) is 29.3 Å². The minimum Gasteiger partial charge on any atom is -0.325 e. The van der Waals surface area contributed by atoms with Gasteiger partial charge in [0.05, 0.1) is 16.6 Å². The number of thiophene rings is 1. The fourth-order valence-electron chi connectivity index (χ4n) is 3.48. The molecule has 0 saturated carbocycles.